The SMILES string of the molecule is O=C1C[C@H](Sc2ccccn2)C(=O)N1c1ccc(Cl)c(Cl)c1. The maximum absolute atomic E-state index is 12.5. The van der Waals surface area contributed by atoms with E-state index in [1.807, 2.05) is 12.1 Å². The minimum atomic E-state index is -0.475. The van der Waals surface area contributed by atoms with Crippen LogP contribution in [0.3, 0.4) is 0 Å². The van der Waals surface area contributed by atoms with Crippen molar-refractivity contribution in [2.24, 2.45) is 0 Å². The second-order valence-electron chi connectivity index (χ2n) is 4.64. The van der Waals surface area contributed by atoms with Crippen LogP contribution in [0, 0.1) is 0 Å². The number of thioether (sulfide) groups is 1. The van der Waals surface area contributed by atoms with E-state index in [0.717, 1.165) is 4.90 Å². The Labute approximate surface area is 141 Å². The minimum Gasteiger partial charge on any atom is -0.274 e. The van der Waals surface area contributed by atoms with Crippen LogP contribution in [0.25, 0.3) is 0 Å². The second kappa shape index (κ2) is 6.28. The molecule has 2 amide bonds. The molecule has 7 heteroatoms. The summed E-state index contributed by atoms with van der Waals surface area (Å²) in [6, 6.07) is 10.1. The second-order valence-corrected chi connectivity index (χ2v) is 6.68. The van der Waals surface area contributed by atoms with E-state index in [9.17, 15) is 9.59 Å². The van der Waals surface area contributed by atoms with E-state index in [4.69, 9.17) is 23.2 Å². The standard InChI is InChI=1S/C15H10Cl2N2O2S/c16-10-5-4-9(7-11(10)17)19-14(20)8-12(15(19)21)22-13-3-1-2-6-18-13/h1-7,12H,8H2/t12-/m0/s1. The summed E-state index contributed by atoms with van der Waals surface area (Å²) in [7, 11) is 0. The van der Waals surface area contributed by atoms with Gasteiger partial charge in [0.05, 0.1) is 26.0 Å². The molecular formula is C15H10Cl2N2O2S. The van der Waals surface area contributed by atoms with E-state index in [0.29, 0.717) is 20.8 Å². The largest absolute Gasteiger partial charge is 0.274 e. The lowest BCUT2D eigenvalue weighted by molar-refractivity contribution is -0.121. The highest BCUT2D eigenvalue weighted by Crippen LogP contribution is 2.35. The molecule has 2 aromatic rings. The number of rotatable bonds is 3. The van der Waals surface area contributed by atoms with Crippen molar-refractivity contribution < 1.29 is 9.59 Å². The minimum absolute atomic E-state index is 0.139. The van der Waals surface area contributed by atoms with Gasteiger partial charge in [-0.2, -0.15) is 0 Å². The quantitative estimate of drug-likeness (QED) is 0.788. The van der Waals surface area contributed by atoms with Crippen molar-refractivity contribution in [2.75, 3.05) is 4.90 Å². The molecule has 3 rings (SSSR count). The molecule has 1 fully saturated rings. The number of nitrogens with zero attached hydrogens (tertiary/aromatic N) is 2. The summed E-state index contributed by atoms with van der Waals surface area (Å²) in [5.41, 5.74) is 0.438. The van der Waals surface area contributed by atoms with Crippen molar-refractivity contribution in [3.63, 3.8) is 0 Å². The zero-order valence-electron chi connectivity index (χ0n) is 11.2. The Morgan fingerprint density at radius 2 is 1.95 bits per heavy atom. The summed E-state index contributed by atoms with van der Waals surface area (Å²) < 4.78 is 0. The first kappa shape index (κ1) is 15.3. The number of hydrogen-bond donors (Lipinski definition) is 0. The average Bonchev–Trinajstić information content (AvgIpc) is 2.78. The van der Waals surface area contributed by atoms with Crippen LogP contribution in [0.15, 0.2) is 47.6 Å². The summed E-state index contributed by atoms with van der Waals surface area (Å²) in [4.78, 5) is 30.0. The summed E-state index contributed by atoms with van der Waals surface area (Å²) in [5, 5.41) is 0.922. The number of benzene rings is 1. The van der Waals surface area contributed by atoms with Gasteiger partial charge in [0.25, 0.3) is 0 Å². The Morgan fingerprint density at radius 1 is 1.14 bits per heavy atom. The predicted octanol–water partition coefficient (Wildman–Crippen LogP) is 3.81. The molecule has 4 nitrogen and oxygen atoms in total. The van der Waals surface area contributed by atoms with Crippen molar-refractivity contribution in [2.45, 2.75) is 16.7 Å². The molecule has 0 bridgehead atoms. The molecule has 112 valence electrons. The van der Waals surface area contributed by atoms with E-state index in [1.165, 1.54) is 17.8 Å². The smallest absolute Gasteiger partial charge is 0.247 e. The fourth-order valence-corrected chi connectivity index (χ4v) is 3.45. The summed E-state index contributed by atoms with van der Waals surface area (Å²) in [6.45, 7) is 0. The van der Waals surface area contributed by atoms with Gasteiger partial charge in [-0.15, -0.1) is 0 Å². The van der Waals surface area contributed by atoms with E-state index in [1.54, 1.807) is 24.4 Å². The Morgan fingerprint density at radius 3 is 2.64 bits per heavy atom. The number of amides is 2. The lowest BCUT2D eigenvalue weighted by atomic mass is 10.3. The number of carbonyl (C=O) groups is 2. The normalized spacial score (nSPS) is 18.1. The fourth-order valence-electron chi connectivity index (χ4n) is 2.15. The molecule has 0 radical (unpaired) electrons. The molecule has 22 heavy (non-hydrogen) atoms. The molecule has 1 atom stereocenters. The number of anilines is 1. The van der Waals surface area contributed by atoms with E-state index >= 15 is 0 Å². The van der Waals surface area contributed by atoms with Crippen molar-refractivity contribution in [1.82, 2.24) is 4.98 Å². The average molecular weight is 353 g/mol. The van der Waals surface area contributed by atoms with Crippen LogP contribution in [0.4, 0.5) is 5.69 Å². The zero-order valence-corrected chi connectivity index (χ0v) is 13.5. The molecule has 1 aliphatic rings. The third kappa shape index (κ3) is 2.97. The molecule has 0 aliphatic carbocycles. The monoisotopic (exact) mass is 352 g/mol. The van der Waals surface area contributed by atoms with Crippen molar-refractivity contribution in [3.05, 3.63) is 52.6 Å². The predicted molar refractivity (Wildman–Crippen MR) is 87.5 cm³/mol. The van der Waals surface area contributed by atoms with Gasteiger partial charge in [0.1, 0.15) is 0 Å². The van der Waals surface area contributed by atoms with E-state index < -0.39 is 5.25 Å². The third-order valence-corrected chi connectivity index (χ3v) is 5.04. The van der Waals surface area contributed by atoms with E-state index in [-0.39, 0.29) is 18.2 Å². The summed E-state index contributed by atoms with van der Waals surface area (Å²) in [6.07, 6.45) is 1.79. The van der Waals surface area contributed by atoms with Gasteiger partial charge in [-0.1, -0.05) is 41.0 Å². The first-order valence-corrected chi connectivity index (χ1v) is 8.09. The maximum atomic E-state index is 12.5. The number of halogens is 2. The highest BCUT2D eigenvalue weighted by molar-refractivity contribution is 8.00. The number of aromatic nitrogens is 1. The number of pyridine rings is 1. The van der Waals surface area contributed by atoms with Crippen LogP contribution < -0.4 is 4.90 Å². The van der Waals surface area contributed by atoms with Crippen LogP contribution in [0.5, 0.6) is 0 Å². The van der Waals surface area contributed by atoms with Crippen molar-refractivity contribution in [3.8, 4) is 0 Å². The van der Waals surface area contributed by atoms with Crippen molar-refractivity contribution >= 4 is 52.5 Å². The van der Waals surface area contributed by atoms with Gasteiger partial charge < -0.3 is 0 Å². The van der Waals surface area contributed by atoms with Crippen LogP contribution in [0.1, 0.15) is 6.42 Å². The molecule has 1 aromatic heterocycles. The number of imide groups is 1. The molecule has 1 aliphatic heterocycles. The van der Waals surface area contributed by atoms with Gasteiger partial charge in [0.2, 0.25) is 11.8 Å². The topological polar surface area (TPSA) is 50.3 Å². The number of carbonyl (C=O) groups excluding carboxylic acids is 2. The molecule has 2 heterocycles. The molecule has 0 unspecified atom stereocenters. The molecular weight excluding hydrogens is 343 g/mol. The van der Waals surface area contributed by atoms with Gasteiger partial charge in [-0.3, -0.25) is 9.59 Å². The number of hydrogen-bond acceptors (Lipinski definition) is 4. The Hall–Kier alpha value is -1.56. The highest BCUT2D eigenvalue weighted by atomic mass is 35.5. The fraction of sp³-hybridized carbons (Fsp3) is 0.133. The van der Waals surface area contributed by atoms with Gasteiger partial charge in [0.15, 0.2) is 0 Å². The first-order chi connectivity index (χ1) is 10.6. The van der Waals surface area contributed by atoms with Gasteiger partial charge in [-0.05, 0) is 30.3 Å². The van der Waals surface area contributed by atoms with Crippen molar-refractivity contribution in [1.29, 1.82) is 0 Å². The van der Waals surface area contributed by atoms with Crippen LogP contribution in [-0.2, 0) is 9.59 Å². The molecule has 0 N–H and O–H groups in total. The summed E-state index contributed by atoms with van der Waals surface area (Å²) >= 11 is 13.1. The third-order valence-electron chi connectivity index (χ3n) is 3.17. The van der Waals surface area contributed by atoms with E-state index in [2.05, 4.69) is 4.98 Å². The Balaban J connectivity index is 1.83. The molecule has 0 spiro atoms. The lowest BCUT2D eigenvalue weighted by Gasteiger charge is -2.15. The highest BCUT2D eigenvalue weighted by Gasteiger charge is 2.40. The van der Waals surface area contributed by atoms with Gasteiger partial charge in [-0.25, -0.2) is 9.88 Å². The maximum Gasteiger partial charge on any atom is 0.247 e. The van der Waals surface area contributed by atoms with Gasteiger partial charge >= 0.3 is 0 Å². The summed E-state index contributed by atoms with van der Waals surface area (Å²) in [5.74, 6) is -0.518. The van der Waals surface area contributed by atoms with Crippen LogP contribution in [-0.4, -0.2) is 22.0 Å². The molecule has 1 aromatic carbocycles. The van der Waals surface area contributed by atoms with Gasteiger partial charge in [0, 0.05) is 12.6 Å². The Kier molecular flexibility index (Phi) is 4.38. The lowest BCUT2D eigenvalue weighted by Crippen LogP contribution is -2.31. The first-order valence-electron chi connectivity index (χ1n) is 6.46. The molecule has 0 saturated carbocycles. The van der Waals surface area contributed by atoms with Crippen LogP contribution >= 0.6 is 35.0 Å². The molecule has 1 saturated heterocycles. The Bertz CT molecular complexity index is 740. The zero-order chi connectivity index (χ0) is 15.7. The van der Waals surface area contributed by atoms with Crippen LogP contribution in [0.2, 0.25) is 10.0 Å².